The summed E-state index contributed by atoms with van der Waals surface area (Å²) in [6.45, 7) is 4.01. The Morgan fingerprint density at radius 3 is 2.64 bits per heavy atom. The van der Waals surface area contributed by atoms with Gasteiger partial charge in [0.2, 0.25) is 0 Å². The Morgan fingerprint density at radius 2 is 1.86 bits per heavy atom. The number of hydrogen-bond acceptors (Lipinski definition) is 6. The summed E-state index contributed by atoms with van der Waals surface area (Å²) < 4.78 is 1.66. The lowest BCUT2D eigenvalue weighted by atomic mass is 10.1. The molecule has 5 aromatic rings. The van der Waals surface area contributed by atoms with Gasteiger partial charge in [0.15, 0.2) is 5.43 Å². The molecule has 0 aliphatic carbocycles. The summed E-state index contributed by atoms with van der Waals surface area (Å²) in [4.78, 5) is 39.1. The van der Waals surface area contributed by atoms with Crippen LogP contribution in [-0.4, -0.2) is 25.3 Å². The Morgan fingerprint density at radius 1 is 1.06 bits per heavy atom. The van der Waals surface area contributed by atoms with Gasteiger partial charge in [-0.15, -0.1) is 11.8 Å². The van der Waals surface area contributed by atoms with Gasteiger partial charge in [0, 0.05) is 28.2 Å². The van der Waals surface area contributed by atoms with E-state index in [0.29, 0.717) is 44.0 Å². The number of aromatic amines is 1. The van der Waals surface area contributed by atoms with Crippen LogP contribution in [0.2, 0.25) is 5.02 Å². The molecule has 0 aliphatic rings. The largest absolute Gasteiger partial charge is 0.361 e. The summed E-state index contributed by atoms with van der Waals surface area (Å²) in [5.41, 5.74) is 1.36. The Bertz CT molecular complexity index is 1680. The molecule has 0 fully saturated rings. The molecule has 1 atom stereocenters. The van der Waals surface area contributed by atoms with Gasteiger partial charge < -0.3 is 10.3 Å². The number of H-pyrrole nitrogens is 1. The van der Waals surface area contributed by atoms with Crippen molar-refractivity contribution in [2.24, 2.45) is 0 Å². The average Bonchev–Trinajstić information content (AvgIpc) is 2.89. The minimum absolute atomic E-state index is 0.145. The van der Waals surface area contributed by atoms with Gasteiger partial charge in [-0.25, -0.2) is 9.97 Å². The summed E-state index contributed by atoms with van der Waals surface area (Å²) in [6, 6.07) is 16.2. The highest BCUT2D eigenvalue weighted by Crippen LogP contribution is 2.36. The number of thioether (sulfide) groups is 1. The van der Waals surface area contributed by atoms with Crippen molar-refractivity contribution in [3.63, 3.8) is 0 Å². The molecule has 0 amide bonds. The third-order valence-corrected chi connectivity index (χ3v) is 7.59. The van der Waals surface area contributed by atoms with Gasteiger partial charge >= 0.3 is 0 Å². The Labute approximate surface area is 216 Å². The normalized spacial score (nSPS) is 12.2. The van der Waals surface area contributed by atoms with E-state index in [1.165, 1.54) is 12.4 Å². The van der Waals surface area contributed by atoms with E-state index >= 15 is 0 Å². The van der Waals surface area contributed by atoms with Crippen molar-refractivity contribution in [1.29, 1.82) is 0 Å². The van der Waals surface area contributed by atoms with Gasteiger partial charge in [0.25, 0.3) is 5.56 Å². The number of anilines is 1. The molecule has 2 aromatic carbocycles. The highest BCUT2D eigenvalue weighted by atomic mass is 35.5. The smallest absolute Gasteiger partial charge is 0.264 e. The van der Waals surface area contributed by atoms with E-state index < -0.39 is 6.04 Å². The van der Waals surface area contributed by atoms with Crippen LogP contribution in [0.4, 0.5) is 5.82 Å². The number of benzene rings is 2. The van der Waals surface area contributed by atoms with E-state index in [1.807, 2.05) is 55.5 Å². The standard InChI is InChI=1S/C27H24ClN5O2S/c1-3-14-36-20-11-7-10-18-21(20)27(35)33(17-8-5-4-6-9-17)24(23(18)28)16(2)32-26-22-19(34)12-13-29-25(22)30-15-31-26/h4-13,15-16H,3,14H2,1-2H3,(H2,29,30,31,32,34)/t16-/m0/s1. The number of halogens is 1. The molecule has 182 valence electrons. The molecule has 0 radical (unpaired) electrons. The van der Waals surface area contributed by atoms with Gasteiger partial charge in [-0.3, -0.25) is 14.2 Å². The maximum Gasteiger partial charge on any atom is 0.264 e. The lowest BCUT2D eigenvalue weighted by Gasteiger charge is -2.24. The van der Waals surface area contributed by atoms with Gasteiger partial charge in [-0.05, 0) is 37.3 Å². The number of hydrogen-bond donors (Lipinski definition) is 2. The van der Waals surface area contributed by atoms with Gasteiger partial charge in [-0.1, -0.05) is 48.9 Å². The molecule has 0 unspecified atom stereocenters. The van der Waals surface area contributed by atoms with Crippen molar-refractivity contribution in [2.45, 2.75) is 31.2 Å². The Kier molecular flexibility index (Phi) is 6.80. The third-order valence-electron chi connectivity index (χ3n) is 5.93. The predicted octanol–water partition coefficient (Wildman–Crippen LogP) is 5.95. The van der Waals surface area contributed by atoms with E-state index in [1.54, 1.807) is 22.5 Å². The number of nitrogens with zero attached hydrogens (tertiary/aromatic N) is 3. The monoisotopic (exact) mass is 517 g/mol. The second-order valence-electron chi connectivity index (χ2n) is 8.36. The van der Waals surface area contributed by atoms with Crippen molar-refractivity contribution >= 4 is 51.0 Å². The zero-order valence-electron chi connectivity index (χ0n) is 19.8. The van der Waals surface area contributed by atoms with E-state index in [4.69, 9.17) is 11.6 Å². The van der Waals surface area contributed by atoms with Gasteiger partial charge in [0.1, 0.15) is 23.2 Å². The summed E-state index contributed by atoms with van der Waals surface area (Å²) in [6.07, 6.45) is 3.93. The minimum atomic E-state index is -0.473. The Hall–Kier alpha value is -3.62. The molecule has 0 saturated carbocycles. The van der Waals surface area contributed by atoms with Crippen LogP contribution in [0.15, 0.2) is 81.6 Å². The minimum Gasteiger partial charge on any atom is -0.361 e. The molecule has 3 heterocycles. The summed E-state index contributed by atoms with van der Waals surface area (Å²) >= 11 is 8.73. The number of nitrogens with one attached hydrogen (secondary N) is 2. The van der Waals surface area contributed by atoms with Crippen LogP contribution in [0, 0.1) is 0 Å². The van der Waals surface area contributed by atoms with Crippen molar-refractivity contribution in [1.82, 2.24) is 19.5 Å². The first-order valence-electron chi connectivity index (χ1n) is 11.7. The highest BCUT2D eigenvalue weighted by molar-refractivity contribution is 7.99. The fraction of sp³-hybridized carbons (Fsp3) is 0.185. The summed E-state index contributed by atoms with van der Waals surface area (Å²) in [5, 5.41) is 5.43. The molecular weight excluding hydrogens is 494 g/mol. The molecule has 5 rings (SSSR count). The number of fused-ring (bicyclic) bond motifs is 2. The maximum absolute atomic E-state index is 14.1. The van der Waals surface area contributed by atoms with Crippen LogP contribution in [0.25, 0.3) is 27.5 Å². The van der Waals surface area contributed by atoms with Crippen LogP contribution in [0.1, 0.15) is 32.0 Å². The van der Waals surface area contributed by atoms with Crippen LogP contribution in [-0.2, 0) is 0 Å². The highest BCUT2D eigenvalue weighted by Gasteiger charge is 2.24. The molecule has 0 spiro atoms. The van der Waals surface area contributed by atoms with Crippen LogP contribution < -0.4 is 16.3 Å². The molecule has 9 heteroatoms. The van der Waals surface area contributed by atoms with E-state index in [0.717, 1.165) is 17.1 Å². The quantitative estimate of drug-likeness (QED) is 0.259. The molecule has 0 saturated heterocycles. The molecule has 2 N–H and O–H groups in total. The van der Waals surface area contributed by atoms with E-state index in [2.05, 4.69) is 27.2 Å². The van der Waals surface area contributed by atoms with Crippen LogP contribution >= 0.6 is 23.4 Å². The first-order chi connectivity index (χ1) is 17.5. The number of para-hydroxylation sites is 1. The molecule has 0 aliphatic heterocycles. The fourth-order valence-electron chi connectivity index (χ4n) is 4.33. The van der Waals surface area contributed by atoms with Crippen LogP contribution in [0.3, 0.4) is 0 Å². The lowest BCUT2D eigenvalue weighted by Crippen LogP contribution is -2.27. The second-order valence-corrected chi connectivity index (χ2v) is 9.87. The fourth-order valence-corrected chi connectivity index (χ4v) is 5.68. The molecule has 3 aromatic heterocycles. The third kappa shape index (κ3) is 4.27. The van der Waals surface area contributed by atoms with Crippen molar-refractivity contribution in [3.05, 3.63) is 98.4 Å². The maximum atomic E-state index is 14.1. The molecule has 7 nitrogen and oxygen atoms in total. The number of aromatic nitrogens is 4. The SMILES string of the molecule is CCCSc1cccc2c(Cl)c([C@H](C)Nc3ncnc4[nH]ccc(=O)c34)n(-c3ccccc3)c(=O)c12. The molecule has 36 heavy (non-hydrogen) atoms. The van der Waals surface area contributed by atoms with E-state index in [-0.39, 0.29) is 11.0 Å². The zero-order valence-corrected chi connectivity index (χ0v) is 21.4. The second kappa shape index (κ2) is 10.2. The predicted molar refractivity (Wildman–Crippen MR) is 148 cm³/mol. The van der Waals surface area contributed by atoms with Crippen molar-refractivity contribution < 1.29 is 0 Å². The van der Waals surface area contributed by atoms with Crippen molar-refractivity contribution in [2.75, 3.05) is 11.1 Å². The van der Waals surface area contributed by atoms with Gasteiger partial charge in [0.05, 0.1) is 22.1 Å². The van der Waals surface area contributed by atoms with Crippen LogP contribution in [0.5, 0.6) is 0 Å². The number of pyridine rings is 2. The molecule has 0 bridgehead atoms. The Balaban J connectivity index is 1.75. The molecular formula is C27H24ClN5O2S. The van der Waals surface area contributed by atoms with Crippen molar-refractivity contribution in [3.8, 4) is 5.69 Å². The first-order valence-corrected chi connectivity index (χ1v) is 13.0. The van der Waals surface area contributed by atoms with E-state index in [9.17, 15) is 9.59 Å². The first kappa shape index (κ1) is 24.1. The summed E-state index contributed by atoms with van der Waals surface area (Å²) in [7, 11) is 0. The lowest BCUT2D eigenvalue weighted by molar-refractivity contribution is 0.774. The summed E-state index contributed by atoms with van der Waals surface area (Å²) in [5.74, 6) is 1.26. The van der Waals surface area contributed by atoms with Gasteiger partial charge in [-0.2, -0.15) is 0 Å². The zero-order chi connectivity index (χ0) is 25.2. The number of rotatable bonds is 7. The topological polar surface area (TPSA) is 92.7 Å². The average molecular weight is 518 g/mol.